The third-order valence-corrected chi connectivity index (χ3v) is 17.4. The lowest BCUT2D eigenvalue weighted by atomic mass is 10.1. The summed E-state index contributed by atoms with van der Waals surface area (Å²) in [5.41, 5.74) is 7.97. The summed E-state index contributed by atoms with van der Waals surface area (Å²) in [6.07, 6.45) is 2.67. The summed E-state index contributed by atoms with van der Waals surface area (Å²) >= 11 is 0. The number of hydrogen-bond acceptors (Lipinski definition) is 21. The molecule has 9 amide bonds. The Labute approximate surface area is 568 Å². The van der Waals surface area contributed by atoms with Crippen LogP contribution in [-0.4, -0.2) is 255 Å². The number of phenols is 4. The van der Waals surface area contributed by atoms with Crippen LogP contribution < -0.4 is 48.3 Å². The number of nitrogen functional groups attached to an aromatic ring is 1. The first-order valence-electron chi connectivity index (χ1n) is 32.6. The minimum atomic E-state index is -0.796. The molecule has 4 aliphatic rings. The van der Waals surface area contributed by atoms with Crippen LogP contribution in [0.4, 0.5) is 5.95 Å². The number of nitrogens with two attached hydrogens (primary N) is 1. The van der Waals surface area contributed by atoms with Crippen molar-refractivity contribution in [2.75, 3.05) is 143 Å². The fourth-order valence-electron chi connectivity index (χ4n) is 11.8. The predicted octanol–water partition coefficient (Wildman–Crippen LogP) is -0.241. The number of para-hydroxylation sites is 4. The minimum absolute atomic E-state index is 0.00595. The van der Waals surface area contributed by atoms with E-state index in [2.05, 4.69) is 62.5 Å². The second-order valence-corrected chi connectivity index (χ2v) is 23.9. The molecule has 0 radical (unpaired) electrons. The molecule has 11 rings (SSSR count). The van der Waals surface area contributed by atoms with E-state index in [1.807, 2.05) is 43.9 Å². The van der Waals surface area contributed by atoms with Crippen molar-refractivity contribution < 1.29 is 63.6 Å². The van der Waals surface area contributed by atoms with Crippen molar-refractivity contribution in [1.82, 2.24) is 87.0 Å². The van der Waals surface area contributed by atoms with E-state index >= 15 is 4.79 Å². The molecule has 0 saturated heterocycles. The summed E-state index contributed by atoms with van der Waals surface area (Å²) in [4.78, 5) is 151. The Bertz CT molecular complexity index is 4040. The van der Waals surface area contributed by atoms with Gasteiger partial charge in [0.05, 0.1) is 63.1 Å². The van der Waals surface area contributed by atoms with E-state index in [4.69, 9.17) is 5.73 Å². The Balaban J connectivity index is 0.987. The van der Waals surface area contributed by atoms with Crippen LogP contribution in [0, 0.1) is 0 Å². The number of nitrogens with zero attached hydrogens (tertiary/aromatic N) is 8. The third-order valence-electron chi connectivity index (χ3n) is 17.4. The molecule has 31 heteroatoms. The smallest absolute Gasteiger partial charge is 0.258 e. The average molecular weight is 1360 g/mol. The van der Waals surface area contributed by atoms with Crippen LogP contribution in [0.3, 0.4) is 0 Å². The molecule has 7 aromatic rings. The molecular weight excluding hydrogens is 1280 g/mol. The number of H-pyrrole nitrogens is 1. The molecule has 5 aromatic carbocycles. The number of benzene rings is 5. The molecule has 2 atom stereocenters. The molecule has 0 aliphatic carbocycles. The number of amides is 9. The van der Waals surface area contributed by atoms with E-state index in [1.165, 1.54) is 84.0 Å². The van der Waals surface area contributed by atoms with E-state index in [0.717, 1.165) is 11.1 Å². The highest BCUT2D eigenvalue weighted by molar-refractivity contribution is 6.07. The van der Waals surface area contributed by atoms with Crippen LogP contribution in [0.25, 0.3) is 11.2 Å². The number of imidazole rings is 1. The molecule has 2 aromatic heterocycles. The number of aromatic hydroxyl groups is 4. The number of aromatic amines is 1. The number of aryl methyl sites for hydroxylation is 2. The molecule has 4 aliphatic heterocycles. The first-order chi connectivity index (χ1) is 47.9. The molecule has 0 fully saturated rings. The second kappa shape index (κ2) is 33.6. The quantitative estimate of drug-likeness (QED) is 0.0979. The summed E-state index contributed by atoms with van der Waals surface area (Å²) in [5.74, 6) is -8.45. The molecule has 15 N–H and O–H groups in total. The van der Waals surface area contributed by atoms with Crippen LogP contribution in [0.5, 0.6) is 23.0 Å². The number of nitrogens with one attached hydrogen (secondary N) is 9. The number of fused-ring (bicyclic) bond motifs is 17. The maximum absolute atomic E-state index is 15.1. The summed E-state index contributed by atoms with van der Waals surface area (Å²) in [6, 6.07) is 24.3. The third kappa shape index (κ3) is 18.4. The number of anilines is 1. The molecule has 0 saturated carbocycles. The van der Waals surface area contributed by atoms with Crippen molar-refractivity contribution in [3.63, 3.8) is 0 Å². The number of phenolic OH excluding ortho intramolecular Hbond substituents is 4. The predicted molar refractivity (Wildman–Crippen MR) is 362 cm³/mol. The fraction of sp³-hybridized carbons (Fsp3) is 0.353. The number of carbonyl (C=O) groups excluding carboxylic acids is 9. The zero-order valence-electron chi connectivity index (χ0n) is 54.4. The number of aromatic nitrogens is 4. The van der Waals surface area contributed by atoms with Crippen molar-refractivity contribution in [2.45, 2.75) is 19.4 Å². The van der Waals surface area contributed by atoms with Crippen molar-refractivity contribution >= 4 is 70.3 Å². The van der Waals surface area contributed by atoms with Gasteiger partial charge in [0.25, 0.3) is 47.3 Å². The van der Waals surface area contributed by atoms with E-state index < -0.39 is 82.7 Å². The fourth-order valence-corrected chi connectivity index (χ4v) is 11.8. The van der Waals surface area contributed by atoms with Crippen molar-refractivity contribution in [3.05, 3.63) is 165 Å². The summed E-state index contributed by atoms with van der Waals surface area (Å²) < 4.78 is 0. The summed E-state index contributed by atoms with van der Waals surface area (Å²) in [5, 5.41) is 69.0. The highest BCUT2D eigenvalue weighted by atomic mass is 16.3. The maximum atomic E-state index is 15.1. The zero-order chi connectivity index (χ0) is 70.0. The van der Waals surface area contributed by atoms with Crippen molar-refractivity contribution in [1.29, 1.82) is 0 Å². The SMILES string of the molecule is Nc1nc(CCc2ccc(CNC(=O)CN3CCN4CCNC(=O)c5cccc(c5O)C(=O)NCCN(CCNC(=O)c5cccc(c5O)C3=O)CCN3CCNC(=O)c5cccc(c5O)C(=O)NCCN(CCNC(=O)c5cccc(c5O)C(=O)NCC3)CC4)cc2)c2[nH]cnc2n1. The van der Waals surface area contributed by atoms with Crippen LogP contribution in [0.15, 0.2) is 103 Å². The first-order valence-corrected chi connectivity index (χ1v) is 32.6. The molecule has 99 heavy (non-hydrogen) atoms. The normalized spacial score (nSPS) is 19.6. The van der Waals surface area contributed by atoms with E-state index in [1.54, 1.807) is 0 Å². The van der Waals surface area contributed by atoms with E-state index in [-0.39, 0.29) is 188 Å². The zero-order valence-corrected chi connectivity index (χ0v) is 54.4. The lowest BCUT2D eigenvalue weighted by Crippen LogP contribution is -2.48. The number of carbonyl (C=O) groups is 9. The van der Waals surface area contributed by atoms with Gasteiger partial charge in [-0.15, -0.1) is 0 Å². The summed E-state index contributed by atoms with van der Waals surface area (Å²) in [6.45, 7) is 0.634. The van der Waals surface area contributed by atoms with Crippen LogP contribution in [0.2, 0.25) is 0 Å². The Morgan fingerprint density at radius 3 is 1.11 bits per heavy atom. The lowest BCUT2D eigenvalue weighted by molar-refractivity contribution is -0.122. The Morgan fingerprint density at radius 2 is 0.737 bits per heavy atom. The van der Waals surface area contributed by atoms with Gasteiger partial charge in [-0.2, -0.15) is 4.98 Å². The second-order valence-electron chi connectivity index (χ2n) is 23.9. The Hall–Kier alpha value is -11.3. The number of hydrogen-bond donors (Lipinski definition) is 14. The maximum Gasteiger partial charge on any atom is 0.258 e. The standard InChI is InChI=1S/C68H80N18O13/c69-68-80-52(54-59(81-68)79-41-78-54)18-17-42-13-15-43(16-14-42)39-77-53(87)40-86-38-37-85-32-25-76-65(97)49-10-3-9-48(57(49)90)62(94)72-21-28-83(29-24-75-66(98)50-11-4-12-51(58(50)91)67(86)99)34-33-82-26-19-70-60(92)44-5-1-7-46(55(44)88)63(95)73-22-30-84(35-36-85)31-23-74-64(96)47-8-2-6-45(56(47)89)61(93)71-20-27-82/h1-16,41,88-91H,17-40H2,(H,70,92)(H,71,93)(H,72,94)(H,73,95)(H,74,96)(H,75,98)(H,76,97)(H,77,87)(H3,69,78,79,80,81). The van der Waals surface area contributed by atoms with Gasteiger partial charge in [-0.1, -0.05) is 48.5 Å². The molecule has 6 heterocycles. The van der Waals surface area contributed by atoms with Crippen LogP contribution in [0.1, 0.15) is 99.7 Å². The van der Waals surface area contributed by atoms with Gasteiger partial charge >= 0.3 is 0 Å². The molecule has 31 nitrogen and oxygen atoms in total. The van der Waals surface area contributed by atoms with Crippen molar-refractivity contribution in [3.8, 4) is 23.0 Å². The molecule has 520 valence electrons. The van der Waals surface area contributed by atoms with E-state index in [9.17, 15) is 58.8 Å². The van der Waals surface area contributed by atoms with Gasteiger partial charge in [0.1, 0.15) is 28.5 Å². The van der Waals surface area contributed by atoms with Gasteiger partial charge in [0.15, 0.2) is 5.65 Å². The van der Waals surface area contributed by atoms with Gasteiger partial charge in [-0.05, 0) is 72.5 Å². The lowest BCUT2D eigenvalue weighted by Gasteiger charge is -2.30. The van der Waals surface area contributed by atoms with Crippen LogP contribution >= 0.6 is 0 Å². The van der Waals surface area contributed by atoms with Gasteiger partial charge in [-0.3, -0.25) is 62.8 Å². The van der Waals surface area contributed by atoms with Gasteiger partial charge < -0.3 is 78.6 Å². The monoisotopic (exact) mass is 1360 g/mol. The molecule has 0 spiro atoms. The highest BCUT2D eigenvalue weighted by Gasteiger charge is 2.28. The minimum Gasteiger partial charge on any atom is -0.506 e. The Kier molecular flexibility index (Phi) is 23.9. The van der Waals surface area contributed by atoms with Gasteiger partial charge in [-0.25, -0.2) is 9.97 Å². The highest BCUT2D eigenvalue weighted by Crippen LogP contribution is 2.27. The Morgan fingerprint density at radius 1 is 0.414 bits per heavy atom. The topological polar surface area (TPSA) is 427 Å². The number of rotatable bonds is 7. The van der Waals surface area contributed by atoms with E-state index in [0.29, 0.717) is 29.7 Å². The van der Waals surface area contributed by atoms with Crippen LogP contribution in [-0.2, 0) is 24.2 Å². The summed E-state index contributed by atoms with van der Waals surface area (Å²) in [7, 11) is 0. The average Bonchev–Trinajstić information content (AvgIpc) is 1.34. The molecular formula is C68H80N18O13. The molecule has 2 unspecified atom stereocenters. The molecule has 12 bridgehead atoms. The largest absolute Gasteiger partial charge is 0.506 e. The van der Waals surface area contributed by atoms with Crippen molar-refractivity contribution in [2.24, 2.45) is 0 Å². The van der Waals surface area contributed by atoms with Gasteiger partial charge in [0.2, 0.25) is 11.9 Å². The first kappa shape index (κ1) is 70.5. The van der Waals surface area contributed by atoms with Gasteiger partial charge in [0, 0.05) is 137 Å².